The topological polar surface area (TPSA) is 44.4 Å². The van der Waals surface area contributed by atoms with Crippen LogP contribution in [0, 0.1) is 0 Å². The molecule has 2 amide bonds. The largest absolute Gasteiger partial charge is 0.322 e. The maximum atomic E-state index is 12.2. The minimum atomic E-state index is -0.0706. The number of hydrogen-bond acceptors (Lipinski definition) is 2. The molecule has 0 spiro atoms. The molecule has 0 radical (unpaired) electrons. The van der Waals surface area contributed by atoms with Crippen LogP contribution in [0.5, 0.6) is 0 Å². The smallest absolute Gasteiger partial charge is 0.317 e. The van der Waals surface area contributed by atoms with E-state index in [1.165, 1.54) is 0 Å². The summed E-state index contributed by atoms with van der Waals surface area (Å²) in [6.07, 6.45) is 0. The average Bonchev–Trinajstić information content (AvgIpc) is 2.28. The van der Waals surface area contributed by atoms with Crippen LogP contribution in [-0.4, -0.2) is 36.1 Å². The predicted octanol–water partition coefficient (Wildman–Crippen LogP) is 2.55. The van der Waals surface area contributed by atoms with Crippen LogP contribution in [0.2, 0.25) is 5.02 Å². The SMILES string of the molecule is CC1CNCC(C)N1C(=O)Nc1cccc(Cl)c1. The number of nitrogens with one attached hydrogen (secondary N) is 2. The number of halogens is 1. The molecule has 18 heavy (non-hydrogen) atoms. The average molecular weight is 268 g/mol. The first-order valence-corrected chi connectivity index (χ1v) is 6.51. The number of urea groups is 1. The quantitative estimate of drug-likeness (QED) is 0.821. The number of rotatable bonds is 1. The number of nitrogens with zero attached hydrogens (tertiary/aromatic N) is 1. The summed E-state index contributed by atoms with van der Waals surface area (Å²) in [6.45, 7) is 5.74. The first-order valence-electron chi connectivity index (χ1n) is 6.13. The number of anilines is 1. The molecule has 5 heteroatoms. The minimum Gasteiger partial charge on any atom is -0.317 e. The fraction of sp³-hybridized carbons (Fsp3) is 0.462. The van der Waals surface area contributed by atoms with Crippen molar-refractivity contribution in [2.75, 3.05) is 18.4 Å². The second-order valence-electron chi connectivity index (χ2n) is 4.70. The summed E-state index contributed by atoms with van der Waals surface area (Å²) in [5.41, 5.74) is 0.727. The van der Waals surface area contributed by atoms with Gasteiger partial charge in [0.15, 0.2) is 0 Å². The van der Waals surface area contributed by atoms with Gasteiger partial charge in [0, 0.05) is 35.9 Å². The Morgan fingerprint density at radius 3 is 2.67 bits per heavy atom. The number of amides is 2. The van der Waals surface area contributed by atoms with Crippen molar-refractivity contribution in [3.63, 3.8) is 0 Å². The lowest BCUT2D eigenvalue weighted by molar-refractivity contribution is 0.143. The van der Waals surface area contributed by atoms with Crippen LogP contribution in [0.4, 0.5) is 10.5 Å². The molecule has 1 aliphatic rings. The highest BCUT2D eigenvalue weighted by Gasteiger charge is 2.28. The summed E-state index contributed by atoms with van der Waals surface area (Å²) in [5.74, 6) is 0. The molecule has 0 saturated carbocycles. The Kier molecular flexibility index (Phi) is 4.09. The Balaban J connectivity index is 2.07. The van der Waals surface area contributed by atoms with Gasteiger partial charge in [-0.05, 0) is 32.0 Å². The van der Waals surface area contributed by atoms with Crippen molar-refractivity contribution in [2.45, 2.75) is 25.9 Å². The van der Waals surface area contributed by atoms with Crippen LogP contribution in [0.25, 0.3) is 0 Å². The third-order valence-electron chi connectivity index (χ3n) is 3.14. The van der Waals surface area contributed by atoms with E-state index >= 15 is 0 Å². The maximum absolute atomic E-state index is 12.2. The van der Waals surface area contributed by atoms with Crippen LogP contribution < -0.4 is 10.6 Å². The molecule has 1 heterocycles. The zero-order chi connectivity index (χ0) is 13.1. The fourth-order valence-corrected chi connectivity index (χ4v) is 2.48. The van der Waals surface area contributed by atoms with Gasteiger partial charge in [-0.25, -0.2) is 4.79 Å². The van der Waals surface area contributed by atoms with E-state index in [9.17, 15) is 4.79 Å². The lowest BCUT2D eigenvalue weighted by Gasteiger charge is -2.39. The Hall–Kier alpha value is -1.26. The van der Waals surface area contributed by atoms with E-state index in [2.05, 4.69) is 10.6 Å². The van der Waals surface area contributed by atoms with Crippen molar-refractivity contribution < 1.29 is 4.79 Å². The molecule has 0 bridgehead atoms. The lowest BCUT2D eigenvalue weighted by atomic mass is 10.1. The van der Waals surface area contributed by atoms with Crippen molar-refractivity contribution in [3.8, 4) is 0 Å². The van der Waals surface area contributed by atoms with E-state index in [1.807, 2.05) is 30.9 Å². The van der Waals surface area contributed by atoms with E-state index < -0.39 is 0 Å². The highest BCUT2D eigenvalue weighted by atomic mass is 35.5. The molecular weight excluding hydrogens is 250 g/mol. The van der Waals surface area contributed by atoms with Crippen LogP contribution in [0.3, 0.4) is 0 Å². The van der Waals surface area contributed by atoms with Crippen molar-refractivity contribution in [2.24, 2.45) is 0 Å². The van der Waals surface area contributed by atoms with Gasteiger partial charge >= 0.3 is 6.03 Å². The van der Waals surface area contributed by atoms with E-state index in [4.69, 9.17) is 11.6 Å². The monoisotopic (exact) mass is 267 g/mol. The molecule has 2 N–H and O–H groups in total. The molecule has 4 nitrogen and oxygen atoms in total. The molecule has 2 unspecified atom stereocenters. The molecule has 98 valence electrons. The highest BCUT2D eigenvalue weighted by molar-refractivity contribution is 6.30. The Bertz CT molecular complexity index is 428. The summed E-state index contributed by atoms with van der Waals surface area (Å²) in [4.78, 5) is 14.1. The number of hydrogen-bond donors (Lipinski definition) is 2. The van der Waals surface area contributed by atoms with Crippen LogP contribution in [0.1, 0.15) is 13.8 Å². The molecule has 1 aliphatic heterocycles. The second-order valence-corrected chi connectivity index (χ2v) is 5.14. The molecule has 2 atom stereocenters. The minimum absolute atomic E-state index is 0.0706. The van der Waals surface area contributed by atoms with Gasteiger partial charge in [-0.2, -0.15) is 0 Å². The van der Waals surface area contributed by atoms with Crippen molar-refractivity contribution in [1.82, 2.24) is 10.2 Å². The van der Waals surface area contributed by atoms with Gasteiger partial charge in [0.2, 0.25) is 0 Å². The zero-order valence-electron chi connectivity index (χ0n) is 10.6. The van der Waals surface area contributed by atoms with E-state index in [-0.39, 0.29) is 18.1 Å². The molecule has 1 fully saturated rings. The molecular formula is C13H18ClN3O. The summed E-state index contributed by atoms with van der Waals surface area (Å²) in [5, 5.41) is 6.81. The van der Waals surface area contributed by atoms with Crippen LogP contribution >= 0.6 is 11.6 Å². The van der Waals surface area contributed by atoms with Gasteiger partial charge in [-0.1, -0.05) is 17.7 Å². The molecule has 1 saturated heterocycles. The van der Waals surface area contributed by atoms with Gasteiger partial charge in [-0.15, -0.1) is 0 Å². The van der Waals surface area contributed by atoms with Gasteiger partial charge in [-0.3, -0.25) is 0 Å². The summed E-state index contributed by atoms with van der Waals surface area (Å²) < 4.78 is 0. The number of piperazine rings is 1. The third kappa shape index (κ3) is 2.94. The molecule has 1 aromatic carbocycles. The van der Waals surface area contributed by atoms with Crippen molar-refractivity contribution >= 4 is 23.3 Å². The van der Waals surface area contributed by atoms with E-state index in [0.29, 0.717) is 5.02 Å². The van der Waals surface area contributed by atoms with Crippen LogP contribution in [-0.2, 0) is 0 Å². The number of carbonyl (C=O) groups is 1. The number of carbonyl (C=O) groups excluding carboxylic acids is 1. The fourth-order valence-electron chi connectivity index (χ4n) is 2.29. The summed E-state index contributed by atoms with van der Waals surface area (Å²) >= 11 is 5.90. The summed E-state index contributed by atoms with van der Waals surface area (Å²) in [7, 11) is 0. The maximum Gasteiger partial charge on any atom is 0.322 e. The third-order valence-corrected chi connectivity index (χ3v) is 3.37. The standard InChI is InChI=1S/C13H18ClN3O/c1-9-7-15-8-10(2)17(9)13(18)16-12-5-3-4-11(14)6-12/h3-6,9-10,15H,7-8H2,1-2H3,(H,16,18). The molecule has 2 rings (SSSR count). The molecule has 0 aromatic heterocycles. The van der Waals surface area contributed by atoms with Crippen LogP contribution in [0.15, 0.2) is 24.3 Å². The van der Waals surface area contributed by atoms with Gasteiger partial charge < -0.3 is 15.5 Å². The normalized spacial score (nSPS) is 23.8. The number of benzene rings is 1. The molecule has 0 aliphatic carbocycles. The Labute approximate surface area is 112 Å². The van der Waals surface area contributed by atoms with Crippen molar-refractivity contribution in [1.29, 1.82) is 0 Å². The zero-order valence-corrected chi connectivity index (χ0v) is 11.4. The first-order chi connectivity index (χ1) is 8.58. The predicted molar refractivity (Wildman–Crippen MR) is 74.1 cm³/mol. The van der Waals surface area contributed by atoms with Gasteiger partial charge in [0.1, 0.15) is 0 Å². The van der Waals surface area contributed by atoms with Gasteiger partial charge in [0.25, 0.3) is 0 Å². The second kappa shape index (κ2) is 5.59. The van der Waals surface area contributed by atoms with E-state index in [1.54, 1.807) is 12.1 Å². The highest BCUT2D eigenvalue weighted by Crippen LogP contribution is 2.17. The Morgan fingerprint density at radius 1 is 1.39 bits per heavy atom. The summed E-state index contributed by atoms with van der Waals surface area (Å²) in [6, 6.07) is 7.49. The van der Waals surface area contributed by atoms with E-state index in [0.717, 1.165) is 18.8 Å². The first kappa shape index (κ1) is 13.2. The Morgan fingerprint density at radius 2 is 2.06 bits per heavy atom. The van der Waals surface area contributed by atoms with Crippen molar-refractivity contribution in [3.05, 3.63) is 29.3 Å². The molecule has 1 aromatic rings. The van der Waals surface area contributed by atoms with Gasteiger partial charge in [0.05, 0.1) is 0 Å². The lowest BCUT2D eigenvalue weighted by Crippen LogP contribution is -2.58.